The maximum absolute atomic E-state index is 12.7. The molecule has 1 amide bonds. The first-order valence-corrected chi connectivity index (χ1v) is 9.42. The molecule has 4 nitrogen and oxygen atoms in total. The first kappa shape index (κ1) is 20.2. The van der Waals surface area contributed by atoms with Gasteiger partial charge in [0.2, 0.25) is 0 Å². The van der Waals surface area contributed by atoms with Gasteiger partial charge in [0, 0.05) is 0 Å². The third-order valence-electron chi connectivity index (χ3n) is 5.29. The fourth-order valence-corrected chi connectivity index (χ4v) is 3.71. The fraction of sp³-hybridized carbons (Fsp3) is 0.429. The molecule has 7 heteroatoms. The lowest BCUT2D eigenvalue weighted by molar-refractivity contribution is -0.141. The van der Waals surface area contributed by atoms with Crippen LogP contribution in [0, 0.1) is 12.8 Å². The Balaban J connectivity index is 1.82. The molecule has 1 aliphatic carbocycles. The molecule has 3 rings (SSSR count). The topological polar surface area (TPSA) is 62.0 Å². The van der Waals surface area contributed by atoms with Gasteiger partial charge in [0.05, 0.1) is 6.04 Å². The molecule has 0 spiro atoms. The molecule has 1 heterocycles. The zero-order chi connectivity index (χ0) is 20.3. The van der Waals surface area contributed by atoms with Gasteiger partial charge >= 0.3 is 6.18 Å². The Morgan fingerprint density at radius 1 is 1.14 bits per heavy atom. The van der Waals surface area contributed by atoms with E-state index in [1.54, 1.807) is 4.98 Å². The van der Waals surface area contributed by atoms with Crippen molar-refractivity contribution in [3.8, 4) is 0 Å². The number of hydrogen-bond acceptors (Lipinski definition) is 2. The van der Waals surface area contributed by atoms with Gasteiger partial charge in [0.1, 0.15) is 11.3 Å². The normalized spacial score (nSPS) is 16.1. The van der Waals surface area contributed by atoms with Crippen molar-refractivity contribution < 1.29 is 18.0 Å². The number of rotatable bonds is 5. The van der Waals surface area contributed by atoms with Crippen molar-refractivity contribution in [2.45, 2.75) is 51.2 Å². The molecule has 0 bridgehead atoms. The Morgan fingerprint density at radius 2 is 1.79 bits per heavy atom. The average molecular weight is 392 g/mol. The van der Waals surface area contributed by atoms with Crippen molar-refractivity contribution in [3.63, 3.8) is 0 Å². The summed E-state index contributed by atoms with van der Waals surface area (Å²) in [5.41, 5.74) is -0.523. The molecule has 1 fully saturated rings. The summed E-state index contributed by atoms with van der Waals surface area (Å²) in [4.78, 5) is 26.4. The molecule has 1 aromatic heterocycles. The number of pyridine rings is 1. The largest absolute Gasteiger partial charge is 0.431 e. The molecule has 1 atom stereocenters. The SMILES string of the molecule is Cc1ccc(C(CC2CCCC2)NC(=O)c2ccc(C(F)(F)F)[nH]c2=O)cc1. The van der Waals surface area contributed by atoms with Gasteiger partial charge in [-0.25, -0.2) is 0 Å². The third kappa shape index (κ3) is 4.82. The predicted molar refractivity (Wildman–Crippen MR) is 100 cm³/mol. The van der Waals surface area contributed by atoms with Crippen LogP contribution in [-0.2, 0) is 6.18 Å². The standard InChI is InChI=1S/C21H23F3N2O2/c1-13-6-8-15(9-7-13)17(12-14-4-2-3-5-14)25-19(27)16-10-11-18(21(22,23)24)26-20(16)28/h6-11,14,17H,2-5,12H2,1H3,(H,25,27)(H,26,28). The van der Waals surface area contributed by atoms with Crippen LogP contribution in [0.15, 0.2) is 41.2 Å². The van der Waals surface area contributed by atoms with E-state index in [1.807, 2.05) is 31.2 Å². The van der Waals surface area contributed by atoms with Gasteiger partial charge in [-0.2, -0.15) is 13.2 Å². The Kier molecular flexibility index (Phi) is 5.91. The zero-order valence-electron chi connectivity index (χ0n) is 15.6. The number of amides is 1. The molecule has 1 unspecified atom stereocenters. The van der Waals surface area contributed by atoms with Crippen LogP contribution >= 0.6 is 0 Å². The maximum Gasteiger partial charge on any atom is 0.431 e. The molecule has 1 saturated carbocycles. The van der Waals surface area contributed by atoms with E-state index in [4.69, 9.17) is 0 Å². The summed E-state index contributed by atoms with van der Waals surface area (Å²) < 4.78 is 38.2. The van der Waals surface area contributed by atoms with Crippen LogP contribution in [0.4, 0.5) is 13.2 Å². The van der Waals surface area contributed by atoms with Crippen molar-refractivity contribution in [2.24, 2.45) is 5.92 Å². The molecule has 150 valence electrons. The van der Waals surface area contributed by atoms with E-state index in [0.717, 1.165) is 49.3 Å². The van der Waals surface area contributed by atoms with Crippen LogP contribution in [0.2, 0.25) is 0 Å². The Hall–Kier alpha value is -2.57. The Bertz CT molecular complexity index is 882. The molecular formula is C21H23F3N2O2. The molecule has 2 aromatic rings. The highest BCUT2D eigenvalue weighted by atomic mass is 19.4. The number of H-pyrrole nitrogens is 1. The summed E-state index contributed by atoms with van der Waals surface area (Å²) >= 11 is 0. The second kappa shape index (κ2) is 8.20. The van der Waals surface area contributed by atoms with Crippen molar-refractivity contribution in [2.75, 3.05) is 0 Å². The summed E-state index contributed by atoms with van der Waals surface area (Å²) in [7, 11) is 0. The van der Waals surface area contributed by atoms with Gasteiger partial charge < -0.3 is 10.3 Å². The molecule has 28 heavy (non-hydrogen) atoms. The summed E-state index contributed by atoms with van der Waals surface area (Å²) in [6.45, 7) is 1.97. The predicted octanol–water partition coefficient (Wildman–Crippen LogP) is 4.75. The van der Waals surface area contributed by atoms with Crippen molar-refractivity contribution in [1.82, 2.24) is 10.3 Å². The van der Waals surface area contributed by atoms with E-state index < -0.39 is 23.3 Å². The molecule has 1 aliphatic rings. The Morgan fingerprint density at radius 3 is 2.36 bits per heavy atom. The van der Waals surface area contributed by atoms with Gasteiger partial charge in [-0.05, 0) is 37.0 Å². The quantitative estimate of drug-likeness (QED) is 0.771. The minimum Gasteiger partial charge on any atom is -0.345 e. The van der Waals surface area contributed by atoms with E-state index in [0.29, 0.717) is 12.0 Å². The molecule has 0 aliphatic heterocycles. The minimum absolute atomic E-state index is 0.294. The highest BCUT2D eigenvalue weighted by molar-refractivity contribution is 5.94. The van der Waals surface area contributed by atoms with E-state index in [-0.39, 0.29) is 11.6 Å². The van der Waals surface area contributed by atoms with E-state index in [2.05, 4.69) is 5.32 Å². The minimum atomic E-state index is -4.67. The number of aryl methyl sites for hydroxylation is 1. The third-order valence-corrected chi connectivity index (χ3v) is 5.29. The number of benzene rings is 1. The van der Waals surface area contributed by atoms with Crippen LogP contribution in [0.25, 0.3) is 0 Å². The first-order chi connectivity index (χ1) is 13.2. The summed E-state index contributed by atoms with van der Waals surface area (Å²) in [5.74, 6) is -0.184. The number of carbonyl (C=O) groups is 1. The lowest BCUT2D eigenvalue weighted by atomic mass is 9.93. The number of carbonyl (C=O) groups excluding carboxylic acids is 1. The summed E-state index contributed by atoms with van der Waals surface area (Å²) in [6, 6.07) is 9.13. The molecule has 0 radical (unpaired) electrons. The van der Waals surface area contributed by atoms with Gasteiger partial charge in [-0.1, -0.05) is 55.5 Å². The highest BCUT2D eigenvalue weighted by Crippen LogP contribution is 2.33. The molecule has 2 N–H and O–H groups in total. The van der Waals surface area contributed by atoms with Crippen LogP contribution in [-0.4, -0.2) is 10.9 Å². The van der Waals surface area contributed by atoms with Gasteiger partial charge in [0.25, 0.3) is 11.5 Å². The van der Waals surface area contributed by atoms with Gasteiger partial charge in [0.15, 0.2) is 0 Å². The van der Waals surface area contributed by atoms with E-state index >= 15 is 0 Å². The van der Waals surface area contributed by atoms with Gasteiger partial charge in [-0.15, -0.1) is 0 Å². The van der Waals surface area contributed by atoms with Crippen molar-refractivity contribution in [1.29, 1.82) is 0 Å². The lowest BCUT2D eigenvalue weighted by Gasteiger charge is -2.22. The molecule has 0 saturated heterocycles. The number of nitrogens with one attached hydrogen (secondary N) is 2. The number of hydrogen-bond donors (Lipinski definition) is 2. The lowest BCUT2D eigenvalue weighted by Crippen LogP contribution is -2.34. The first-order valence-electron chi connectivity index (χ1n) is 9.42. The van der Waals surface area contributed by atoms with Gasteiger partial charge in [-0.3, -0.25) is 9.59 Å². The van der Waals surface area contributed by atoms with E-state index in [9.17, 15) is 22.8 Å². The number of aromatic nitrogens is 1. The maximum atomic E-state index is 12.7. The second-order valence-corrected chi connectivity index (χ2v) is 7.44. The monoisotopic (exact) mass is 392 g/mol. The zero-order valence-corrected chi connectivity index (χ0v) is 15.6. The van der Waals surface area contributed by atoms with Crippen molar-refractivity contribution >= 4 is 5.91 Å². The Labute approximate surface area is 161 Å². The number of halogens is 3. The molecular weight excluding hydrogens is 369 g/mol. The van der Waals surface area contributed by atoms with Crippen LogP contribution in [0.3, 0.4) is 0 Å². The smallest absolute Gasteiger partial charge is 0.345 e. The average Bonchev–Trinajstić information content (AvgIpc) is 3.14. The number of alkyl halides is 3. The highest BCUT2D eigenvalue weighted by Gasteiger charge is 2.32. The summed E-state index contributed by atoms with van der Waals surface area (Å²) in [5, 5.41) is 2.85. The second-order valence-electron chi connectivity index (χ2n) is 7.44. The fourth-order valence-electron chi connectivity index (χ4n) is 3.71. The van der Waals surface area contributed by atoms with Crippen LogP contribution < -0.4 is 10.9 Å². The van der Waals surface area contributed by atoms with Crippen LogP contribution in [0.1, 0.15) is 65.3 Å². The van der Waals surface area contributed by atoms with E-state index in [1.165, 1.54) is 0 Å². The van der Waals surface area contributed by atoms with Crippen LogP contribution in [0.5, 0.6) is 0 Å². The van der Waals surface area contributed by atoms with Crippen molar-refractivity contribution in [3.05, 3.63) is 69.1 Å². The summed E-state index contributed by atoms with van der Waals surface area (Å²) in [6.07, 6.45) is 0.599. The molecule has 1 aromatic carbocycles. The number of aromatic amines is 1.